The van der Waals surface area contributed by atoms with Gasteiger partial charge in [0.1, 0.15) is 10.8 Å². The minimum Gasteiger partial charge on any atom is -0.324 e. The van der Waals surface area contributed by atoms with Crippen molar-refractivity contribution in [2.75, 3.05) is 5.32 Å². The standard InChI is InChI=1S/C29H24ClF2N3O2/c1-15-14-33-25(20-5-4-6-24(28(20)32)34-17(3)36)13-26(15)35-16(2)11-23(27(30)29(35)37)22-12-21(22)18-7-9-19(31)10-8-18/h4-11,13-14,21-22H,12H2,1-3H3,(H,34,36)/t21-,22+/m1/s1. The van der Waals surface area contributed by atoms with Crippen LogP contribution < -0.4 is 10.9 Å². The molecule has 0 saturated heterocycles. The number of rotatable bonds is 5. The number of halogens is 3. The van der Waals surface area contributed by atoms with Gasteiger partial charge >= 0.3 is 0 Å². The Morgan fingerprint density at radius 2 is 1.81 bits per heavy atom. The molecule has 0 bridgehead atoms. The molecule has 0 spiro atoms. The van der Waals surface area contributed by atoms with Crippen LogP contribution in [0.2, 0.25) is 5.02 Å². The van der Waals surface area contributed by atoms with Crippen molar-refractivity contribution >= 4 is 23.2 Å². The third-order valence-electron chi connectivity index (χ3n) is 6.75. The molecule has 1 amide bonds. The molecular formula is C29H24ClF2N3O2. The molecule has 1 aliphatic rings. The van der Waals surface area contributed by atoms with E-state index in [1.807, 2.05) is 19.9 Å². The van der Waals surface area contributed by atoms with Crippen molar-refractivity contribution in [3.8, 4) is 16.9 Å². The molecule has 37 heavy (non-hydrogen) atoms. The molecule has 1 saturated carbocycles. The Morgan fingerprint density at radius 3 is 2.51 bits per heavy atom. The number of benzene rings is 2. The zero-order valence-electron chi connectivity index (χ0n) is 20.5. The summed E-state index contributed by atoms with van der Waals surface area (Å²) in [6.45, 7) is 4.95. The molecule has 2 heterocycles. The van der Waals surface area contributed by atoms with Gasteiger partial charge in [-0.3, -0.25) is 19.1 Å². The van der Waals surface area contributed by atoms with Gasteiger partial charge < -0.3 is 5.32 Å². The summed E-state index contributed by atoms with van der Waals surface area (Å²) in [5.74, 6) is -1.02. The normalized spacial score (nSPS) is 16.5. The molecule has 0 unspecified atom stereocenters. The molecule has 2 aromatic carbocycles. The second-order valence-electron chi connectivity index (χ2n) is 9.40. The number of amides is 1. The summed E-state index contributed by atoms with van der Waals surface area (Å²) < 4.78 is 30.0. The molecule has 0 radical (unpaired) electrons. The number of pyridine rings is 2. The number of nitrogens with zero attached hydrogens (tertiary/aromatic N) is 2. The van der Waals surface area contributed by atoms with Crippen molar-refractivity contribution in [2.24, 2.45) is 0 Å². The van der Waals surface area contributed by atoms with Crippen molar-refractivity contribution in [3.63, 3.8) is 0 Å². The molecule has 5 rings (SSSR count). The average molecular weight is 520 g/mol. The van der Waals surface area contributed by atoms with Crippen LogP contribution in [0.25, 0.3) is 16.9 Å². The summed E-state index contributed by atoms with van der Waals surface area (Å²) in [4.78, 5) is 29.3. The lowest BCUT2D eigenvalue weighted by Gasteiger charge is -2.17. The third-order valence-corrected chi connectivity index (χ3v) is 7.13. The first kappa shape index (κ1) is 24.8. The van der Waals surface area contributed by atoms with E-state index in [9.17, 15) is 14.0 Å². The molecule has 4 aromatic rings. The van der Waals surface area contributed by atoms with Crippen LogP contribution in [0.1, 0.15) is 47.6 Å². The fourth-order valence-corrected chi connectivity index (χ4v) is 5.12. The summed E-state index contributed by atoms with van der Waals surface area (Å²) in [5.41, 5.74) is 3.92. The molecule has 188 valence electrons. The van der Waals surface area contributed by atoms with E-state index in [4.69, 9.17) is 11.6 Å². The zero-order chi connectivity index (χ0) is 26.4. The molecule has 8 heteroatoms. The van der Waals surface area contributed by atoms with Crippen LogP contribution in [-0.4, -0.2) is 15.5 Å². The van der Waals surface area contributed by atoms with Crippen molar-refractivity contribution in [2.45, 2.75) is 39.0 Å². The Morgan fingerprint density at radius 1 is 1.08 bits per heavy atom. The zero-order valence-corrected chi connectivity index (χ0v) is 21.2. The second-order valence-corrected chi connectivity index (χ2v) is 9.78. The highest BCUT2D eigenvalue weighted by molar-refractivity contribution is 6.31. The molecular weight excluding hydrogens is 496 g/mol. The number of hydrogen-bond donors (Lipinski definition) is 1. The number of aryl methyl sites for hydroxylation is 2. The van der Waals surface area contributed by atoms with Crippen LogP contribution >= 0.6 is 11.6 Å². The second kappa shape index (κ2) is 9.56. The van der Waals surface area contributed by atoms with E-state index in [0.717, 1.165) is 17.5 Å². The van der Waals surface area contributed by atoms with Gasteiger partial charge in [0.15, 0.2) is 5.82 Å². The van der Waals surface area contributed by atoms with Crippen molar-refractivity contribution < 1.29 is 13.6 Å². The van der Waals surface area contributed by atoms with Gasteiger partial charge in [0, 0.05) is 24.4 Å². The van der Waals surface area contributed by atoms with Crippen LogP contribution in [0.4, 0.5) is 14.5 Å². The fourth-order valence-electron chi connectivity index (χ4n) is 4.84. The van der Waals surface area contributed by atoms with Gasteiger partial charge in [-0.1, -0.05) is 29.8 Å². The van der Waals surface area contributed by atoms with Crippen LogP contribution in [0.15, 0.2) is 65.6 Å². The first-order valence-electron chi connectivity index (χ1n) is 11.9. The number of aromatic nitrogens is 2. The largest absolute Gasteiger partial charge is 0.324 e. The van der Waals surface area contributed by atoms with E-state index >= 15 is 4.39 Å². The SMILES string of the molecule is CC(=O)Nc1cccc(-c2cc(-n3c(C)cc([C@H]4C[C@@H]4c4ccc(F)cc4)c(Cl)c3=O)c(C)cn2)c1F. The summed E-state index contributed by atoms with van der Waals surface area (Å²) >= 11 is 6.63. The Labute approximate surface area is 217 Å². The average Bonchev–Trinajstić information content (AvgIpc) is 3.65. The lowest BCUT2D eigenvalue weighted by Crippen LogP contribution is -2.23. The Bertz CT molecular complexity index is 1600. The summed E-state index contributed by atoms with van der Waals surface area (Å²) in [5, 5.41) is 2.61. The predicted octanol–water partition coefficient (Wildman–Crippen LogP) is 6.68. The smallest absolute Gasteiger partial charge is 0.274 e. The fraction of sp³-hybridized carbons (Fsp3) is 0.207. The third kappa shape index (κ3) is 4.67. The predicted molar refractivity (Wildman–Crippen MR) is 141 cm³/mol. The van der Waals surface area contributed by atoms with Crippen molar-refractivity contribution in [1.82, 2.24) is 9.55 Å². The van der Waals surface area contributed by atoms with Gasteiger partial charge in [-0.15, -0.1) is 0 Å². The van der Waals surface area contributed by atoms with E-state index in [1.54, 1.807) is 36.5 Å². The van der Waals surface area contributed by atoms with Crippen molar-refractivity contribution in [3.05, 3.63) is 110 Å². The highest BCUT2D eigenvalue weighted by Crippen LogP contribution is 2.55. The highest BCUT2D eigenvalue weighted by atomic mass is 35.5. The van der Waals surface area contributed by atoms with E-state index in [2.05, 4.69) is 10.3 Å². The number of anilines is 1. The number of carbonyl (C=O) groups excluding carboxylic acids is 1. The summed E-state index contributed by atoms with van der Waals surface area (Å²) in [6, 6.07) is 14.6. The molecule has 1 aliphatic carbocycles. The first-order chi connectivity index (χ1) is 17.7. The lowest BCUT2D eigenvalue weighted by molar-refractivity contribution is -0.114. The van der Waals surface area contributed by atoms with Crippen LogP contribution in [0.3, 0.4) is 0 Å². The molecule has 2 atom stereocenters. The van der Waals surface area contributed by atoms with Gasteiger partial charge in [-0.25, -0.2) is 8.78 Å². The number of carbonyl (C=O) groups is 1. The van der Waals surface area contributed by atoms with Gasteiger partial charge in [-0.2, -0.15) is 0 Å². The number of hydrogen-bond acceptors (Lipinski definition) is 3. The quantitative estimate of drug-likeness (QED) is 0.320. The monoisotopic (exact) mass is 519 g/mol. The minimum absolute atomic E-state index is 0.0508. The Hall–Kier alpha value is -3.84. The van der Waals surface area contributed by atoms with Crippen LogP contribution in [0, 0.1) is 25.5 Å². The topological polar surface area (TPSA) is 64.0 Å². The highest BCUT2D eigenvalue weighted by Gasteiger charge is 2.41. The van der Waals surface area contributed by atoms with Gasteiger partial charge in [0.2, 0.25) is 5.91 Å². The van der Waals surface area contributed by atoms with E-state index < -0.39 is 5.82 Å². The van der Waals surface area contributed by atoms with Crippen LogP contribution in [-0.2, 0) is 4.79 Å². The minimum atomic E-state index is -0.613. The molecule has 5 nitrogen and oxygen atoms in total. The Balaban J connectivity index is 1.54. The van der Waals surface area contributed by atoms with Crippen LogP contribution in [0.5, 0.6) is 0 Å². The van der Waals surface area contributed by atoms with Gasteiger partial charge in [0.05, 0.1) is 17.1 Å². The van der Waals surface area contributed by atoms with E-state index in [-0.39, 0.29) is 45.4 Å². The molecule has 1 N–H and O–H groups in total. The maximum atomic E-state index is 15.2. The van der Waals surface area contributed by atoms with E-state index in [0.29, 0.717) is 22.6 Å². The van der Waals surface area contributed by atoms with E-state index in [1.165, 1.54) is 29.7 Å². The summed E-state index contributed by atoms with van der Waals surface area (Å²) in [6.07, 6.45) is 2.41. The molecule has 2 aromatic heterocycles. The first-order valence-corrected chi connectivity index (χ1v) is 12.2. The maximum Gasteiger partial charge on any atom is 0.274 e. The molecule has 1 fully saturated rings. The maximum absolute atomic E-state index is 15.2. The van der Waals surface area contributed by atoms with Gasteiger partial charge in [0.25, 0.3) is 5.56 Å². The Kier molecular flexibility index (Phi) is 6.42. The van der Waals surface area contributed by atoms with Crippen molar-refractivity contribution in [1.29, 1.82) is 0 Å². The lowest BCUT2D eigenvalue weighted by atomic mass is 10.0. The summed E-state index contributed by atoms with van der Waals surface area (Å²) in [7, 11) is 0. The van der Waals surface area contributed by atoms with Gasteiger partial charge in [-0.05, 0) is 85.2 Å². The number of nitrogens with one attached hydrogen (secondary N) is 1. The molecule has 0 aliphatic heterocycles.